The van der Waals surface area contributed by atoms with Crippen LogP contribution in [0.15, 0.2) is 18.2 Å². The Bertz CT molecular complexity index is 499. The summed E-state index contributed by atoms with van der Waals surface area (Å²) < 4.78 is 0. The molecule has 0 atom stereocenters. The van der Waals surface area contributed by atoms with Gasteiger partial charge in [-0.15, -0.1) is 0 Å². The zero-order valence-electron chi connectivity index (χ0n) is 10.7. The maximum Gasteiger partial charge on any atom is 0.329 e. The highest BCUT2D eigenvalue weighted by molar-refractivity contribution is 6.36. The van der Waals surface area contributed by atoms with E-state index in [9.17, 15) is 14.7 Å². The van der Waals surface area contributed by atoms with Crippen LogP contribution in [0, 0.1) is 0 Å². The Kier molecular flexibility index (Phi) is 5.20. The van der Waals surface area contributed by atoms with Gasteiger partial charge in [-0.1, -0.05) is 37.0 Å². The molecule has 0 heterocycles. The molecule has 0 bridgehead atoms. The number of rotatable bonds is 5. The van der Waals surface area contributed by atoms with Crippen molar-refractivity contribution in [2.75, 3.05) is 0 Å². The number of aliphatic carboxylic acids is 1. The van der Waals surface area contributed by atoms with E-state index in [2.05, 4.69) is 5.32 Å². The van der Waals surface area contributed by atoms with E-state index in [1.54, 1.807) is 13.8 Å². The van der Waals surface area contributed by atoms with Gasteiger partial charge in [-0.25, -0.2) is 4.79 Å². The Hall–Kier alpha value is -1.26. The summed E-state index contributed by atoms with van der Waals surface area (Å²) in [6, 6.07) is 4.44. The van der Waals surface area contributed by atoms with Gasteiger partial charge in [-0.2, -0.15) is 0 Å². The molecule has 0 spiro atoms. The minimum absolute atomic E-state index is 0.191. The van der Waals surface area contributed by atoms with Crippen LogP contribution >= 0.6 is 23.2 Å². The second-order valence-corrected chi connectivity index (χ2v) is 5.02. The first-order valence-corrected chi connectivity index (χ1v) is 6.63. The van der Waals surface area contributed by atoms with Crippen LogP contribution in [0.4, 0.5) is 0 Å². The molecule has 0 radical (unpaired) electrons. The molecule has 1 aromatic rings. The fourth-order valence-electron chi connectivity index (χ4n) is 1.74. The highest BCUT2D eigenvalue weighted by atomic mass is 35.5. The summed E-state index contributed by atoms with van der Waals surface area (Å²) in [6.45, 7) is 3.42. The SMILES string of the molecule is CCC(CC)(NC(=O)c1ccc(Cl)cc1Cl)C(=O)O. The normalized spacial score (nSPS) is 11.2. The molecule has 0 aliphatic carbocycles. The van der Waals surface area contributed by atoms with Crippen molar-refractivity contribution in [3.8, 4) is 0 Å². The number of carboxylic acid groups (broad SMARTS) is 1. The number of hydrogen-bond donors (Lipinski definition) is 2. The average Bonchev–Trinajstić information content (AvgIpc) is 2.35. The van der Waals surface area contributed by atoms with Crippen molar-refractivity contribution in [3.63, 3.8) is 0 Å². The molecule has 1 rings (SSSR count). The summed E-state index contributed by atoms with van der Waals surface area (Å²) >= 11 is 11.7. The molecule has 19 heavy (non-hydrogen) atoms. The molecule has 0 aliphatic heterocycles. The van der Waals surface area contributed by atoms with Crippen molar-refractivity contribution >= 4 is 35.1 Å². The lowest BCUT2D eigenvalue weighted by Crippen LogP contribution is -2.53. The van der Waals surface area contributed by atoms with Gasteiger partial charge in [-0.3, -0.25) is 4.79 Å². The lowest BCUT2D eigenvalue weighted by Gasteiger charge is -2.28. The van der Waals surface area contributed by atoms with E-state index in [4.69, 9.17) is 23.2 Å². The largest absolute Gasteiger partial charge is 0.480 e. The van der Waals surface area contributed by atoms with Crippen LogP contribution in [0.2, 0.25) is 10.0 Å². The molecule has 104 valence electrons. The second-order valence-electron chi connectivity index (χ2n) is 4.17. The van der Waals surface area contributed by atoms with E-state index in [0.717, 1.165) is 0 Å². The second kappa shape index (κ2) is 6.26. The Morgan fingerprint density at radius 3 is 2.26 bits per heavy atom. The number of benzene rings is 1. The van der Waals surface area contributed by atoms with Crippen molar-refractivity contribution in [2.45, 2.75) is 32.2 Å². The highest BCUT2D eigenvalue weighted by Crippen LogP contribution is 2.23. The summed E-state index contributed by atoms with van der Waals surface area (Å²) in [5.74, 6) is -1.58. The summed E-state index contributed by atoms with van der Waals surface area (Å²) in [4.78, 5) is 23.4. The summed E-state index contributed by atoms with van der Waals surface area (Å²) in [6.07, 6.45) is 0.575. The maximum atomic E-state index is 12.1. The summed E-state index contributed by atoms with van der Waals surface area (Å²) in [5.41, 5.74) is -1.07. The number of amides is 1. The number of carbonyl (C=O) groups excluding carboxylic acids is 1. The Morgan fingerprint density at radius 2 is 1.84 bits per heavy atom. The van der Waals surface area contributed by atoms with Crippen LogP contribution in [-0.2, 0) is 4.79 Å². The monoisotopic (exact) mass is 303 g/mol. The standard InChI is InChI=1S/C13H15Cl2NO3/c1-3-13(4-2,12(18)19)16-11(17)9-6-5-8(14)7-10(9)15/h5-7H,3-4H2,1-2H3,(H,16,17)(H,18,19). The van der Waals surface area contributed by atoms with E-state index in [-0.39, 0.29) is 23.4 Å². The average molecular weight is 304 g/mol. The lowest BCUT2D eigenvalue weighted by atomic mass is 9.92. The number of carboxylic acids is 1. The van der Waals surface area contributed by atoms with Gasteiger partial charge in [0, 0.05) is 5.02 Å². The van der Waals surface area contributed by atoms with Crippen LogP contribution < -0.4 is 5.32 Å². The maximum absolute atomic E-state index is 12.1. The van der Waals surface area contributed by atoms with Gasteiger partial charge >= 0.3 is 5.97 Å². The van der Waals surface area contributed by atoms with Gasteiger partial charge in [0.25, 0.3) is 5.91 Å². The molecule has 2 N–H and O–H groups in total. The first-order valence-electron chi connectivity index (χ1n) is 5.87. The van der Waals surface area contributed by atoms with Crippen LogP contribution in [-0.4, -0.2) is 22.5 Å². The van der Waals surface area contributed by atoms with Gasteiger partial charge in [0.1, 0.15) is 5.54 Å². The number of carbonyl (C=O) groups is 2. The first kappa shape index (κ1) is 15.8. The third-order valence-electron chi connectivity index (χ3n) is 3.15. The Labute approximate surface area is 121 Å². The van der Waals surface area contributed by atoms with Gasteiger partial charge in [0.2, 0.25) is 0 Å². The molecule has 0 aromatic heterocycles. The van der Waals surface area contributed by atoms with E-state index < -0.39 is 17.4 Å². The van der Waals surface area contributed by atoms with Crippen molar-refractivity contribution in [2.24, 2.45) is 0 Å². The van der Waals surface area contributed by atoms with Crippen molar-refractivity contribution in [1.29, 1.82) is 0 Å². The minimum atomic E-state index is -1.28. The van der Waals surface area contributed by atoms with Gasteiger partial charge in [0.05, 0.1) is 10.6 Å². The molecule has 0 aliphatic rings. The molecule has 0 fully saturated rings. The molecule has 0 saturated carbocycles. The molecule has 4 nitrogen and oxygen atoms in total. The van der Waals surface area contributed by atoms with Gasteiger partial charge in [-0.05, 0) is 31.0 Å². The zero-order chi connectivity index (χ0) is 14.6. The fourth-order valence-corrected chi connectivity index (χ4v) is 2.24. The minimum Gasteiger partial charge on any atom is -0.480 e. The third-order valence-corrected chi connectivity index (χ3v) is 3.69. The Balaban J connectivity index is 3.04. The third kappa shape index (κ3) is 3.39. The highest BCUT2D eigenvalue weighted by Gasteiger charge is 2.36. The number of halogens is 2. The fraction of sp³-hybridized carbons (Fsp3) is 0.385. The topological polar surface area (TPSA) is 66.4 Å². The zero-order valence-corrected chi connectivity index (χ0v) is 12.2. The van der Waals surface area contributed by atoms with E-state index in [1.165, 1.54) is 18.2 Å². The molecule has 1 amide bonds. The number of hydrogen-bond acceptors (Lipinski definition) is 2. The van der Waals surface area contributed by atoms with Crippen molar-refractivity contribution < 1.29 is 14.7 Å². The molecular formula is C13H15Cl2NO3. The molecular weight excluding hydrogens is 289 g/mol. The predicted molar refractivity (Wildman–Crippen MR) is 74.9 cm³/mol. The predicted octanol–water partition coefficient (Wildman–Crippen LogP) is 3.37. The lowest BCUT2D eigenvalue weighted by molar-refractivity contribution is -0.144. The first-order chi connectivity index (χ1) is 8.86. The van der Waals surface area contributed by atoms with Crippen molar-refractivity contribution in [3.05, 3.63) is 33.8 Å². The quantitative estimate of drug-likeness (QED) is 0.876. The molecule has 0 unspecified atom stereocenters. The summed E-state index contributed by atoms with van der Waals surface area (Å²) in [5, 5.41) is 12.4. The van der Waals surface area contributed by atoms with E-state index in [0.29, 0.717) is 5.02 Å². The Morgan fingerprint density at radius 1 is 1.26 bits per heavy atom. The van der Waals surface area contributed by atoms with Crippen LogP contribution in [0.5, 0.6) is 0 Å². The molecule has 0 saturated heterocycles. The van der Waals surface area contributed by atoms with Crippen LogP contribution in [0.25, 0.3) is 0 Å². The number of nitrogens with one attached hydrogen (secondary N) is 1. The van der Waals surface area contributed by atoms with E-state index >= 15 is 0 Å². The van der Waals surface area contributed by atoms with Crippen LogP contribution in [0.1, 0.15) is 37.0 Å². The van der Waals surface area contributed by atoms with Gasteiger partial charge < -0.3 is 10.4 Å². The van der Waals surface area contributed by atoms with Crippen molar-refractivity contribution in [1.82, 2.24) is 5.32 Å². The summed E-state index contributed by atoms with van der Waals surface area (Å²) in [7, 11) is 0. The van der Waals surface area contributed by atoms with Gasteiger partial charge in [0.15, 0.2) is 0 Å². The smallest absolute Gasteiger partial charge is 0.329 e. The van der Waals surface area contributed by atoms with E-state index in [1.807, 2.05) is 0 Å². The van der Waals surface area contributed by atoms with Crippen LogP contribution in [0.3, 0.4) is 0 Å². The molecule has 6 heteroatoms. The molecule has 1 aromatic carbocycles.